The van der Waals surface area contributed by atoms with Crippen LogP contribution in [0, 0.1) is 0 Å². The number of pyridine rings is 1. The third-order valence-electron chi connectivity index (χ3n) is 6.05. The van der Waals surface area contributed by atoms with Gasteiger partial charge < -0.3 is 9.88 Å². The number of hydrogen-bond acceptors (Lipinski definition) is 5. The second kappa shape index (κ2) is 7.70. The van der Waals surface area contributed by atoms with Crippen molar-refractivity contribution in [3.05, 3.63) is 53.4 Å². The fourth-order valence-corrected chi connectivity index (χ4v) is 4.32. The highest BCUT2D eigenvalue weighted by molar-refractivity contribution is 6.16. The van der Waals surface area contributed by atoms with Gasteiger partial charge in [0, 0.05) is 44.7 Å². The van der Waals surface area contributed by atoms with Gasteiger partial charge in [0.25, 0.3) is 11.8 Å². The van der Waals surface area contributed by atoms with E-state index in [2.05, 4.69) is 29.8 Å². The fourth-order valence-electron chi connectivity index (χ4n) is 4.32. The van der Waals surface area contributed by atoms with Gasteiger partial charge in [0.1, 0.15) is 11.7 Å². The first kappa shape index (κ1) is 19.6. The molecule has 1 N–H and O–H groups in total. The van der Waals surface area contributed by atoms with Gasteiger partial charge in [-0.1, -0.05) is 6.92 Å². The number of hydrogen-bond donors (Lipinski definition) is 1. The molecule has 0 saturated carbocycles. The molecule has 8 nitrogen and oxygen atoms in total. The van der Waals surface area contributed by atoms with Crippen molar-refractivity contribution < 1.29 is 9.59 Å². The number of aromatic nitrogens is 2. The summed E-state index contributed by atoms with van der Waals surface area (Å²) in [6, 6.07) is 5.92. The summed E-state index contributed by atoms with van der Waals surface area (Å²) >= 11 is 0. The lowest BCUT2D eigenvalue weighted by atomic mass is 9.97. The minimum absolute atomic E-state index is 0.126. The Bertz CT molecular complexity index is 1200. The number of amides is 2. The van der Waals surface area contributed by atoms with E-state index in [9.17, 15) is 9.59 Å². The highest BCUT2D eigenvalue weighted by atomic mass is 16.2. The number of carbonyl (C=O) groups is 2. The van der Waals surface area contributed by atoms with E-state index < -0.39 is 0 Å². The van der Waals surface area contributed by atoms with Crippen molar-refractivity contribution in [3.63, 3.8) is 0 Å². The SMILES string of the molecule is CCC1=CC2N=CC(CN3CC(n4ccc5nc(C(=O)NC)ccc54)C3)=CC2=NC1=O. The maximum atomic E-state index is 12.1. The van der Waals surface area contributed by atoms with Crippen molar-refractivity contribution in [1.82, 2.24) is 19.8 Å². The number of likely N-dealkylation sites (tertiary alicyclic amines) is 1. The quantitative estimate of drug-likeness (QED) is 0.806. The second-order valence-electron chi connectivity index (χ2n) is 8.08. The molecule has 1 atom stereocenters. The van der Waals surface area contributed by atoms with Gasteiger partial charge in [-0.05, 0) is 42.3 Å². The summed E-state index contributed by atoms with van der Waals surface area (Å²) in [7, 11) is 1.60. The molecule has 5 rings (SSSR count). The lowest BCUT2D eigenvalue weighted by molar-refractivity contribution is -0.114. The molecule has 0 aromatic carbocycles. The molecule has 0 bridgehead atoms. The highest BCUT2D eigenvalue weighted by Crippen LogP contribution is 2.27. The summed E-state index contributed by atoms with van der Waals surface area (Å²) in [5.74, 6) is -0.321. The van der Waals surface area contributed by atoms with Crippen LogP contribution >= 0.6 is 0 Å². The van der Waals surface area contributed by atoms with Crippen LogP contribution < -0.4 is 5.32 Å². The number of fused-ring (bicyclic) bond motifs is 2. The molecule has 3 aliphatic heterocycles. The largest absolute Gasteiger partial charge is 0.354 e. The third-order valence-corrected chi connectivity index (χ3v) is 6.05. The Morgan fingerprint density at radius 1 is 1.26 bits per heavy atom. The van der Waals surface area contributed by atoms with Crippen molar-refractivity contribution in [2.75, 3.05) is 26.7 Å². The number of aliphatic imine (C=N–C) groups is 2. The van der Waals surface area contributed by atoms with Crippen molar-refractivity contribution in [1.29, 1.82) is 0 Å². The summed E-state index contributed by atoms with van der Waals surface area (Å²) in [6.45, 7) is 4.58. The van der Waals surface area contributed by atoms with Crippen LogP contribution in [0.1, 0.15) is 29.9 Å². The molecule has 2 aromatic heterocycles. The summed E-state index contributed by atoms with van der Waals surface area (Å²) in [5.41, 5.74) is 4.84. The molecule has 31 heavy (non-hydrogen) atoms. The maximum absolute atomic E-state index is 12.1. The molecular weight excluding hydrogens is 392 g/mol. The van der Waals surface area contributed by atoms with Crippen LogP contribution in [-0.4, -0.2) is 70.9 Å². The Morgan fingerprint density at radius 3 is 2.87 bits per heavy atom. The normalized spacial score (nSPS) is 21.3. The summed E-state index contributed by atoms with van der Waals surface area (Å²) in [6.07, 6.45) is 8.56. The van der Waals surface area contributed by atoms with Gasteiger partial charge in [-0.25, -0.2) is 9.98 Å². The van der Waals surface area contributed by atoms with Crippen LogP contribution in [0.4, 0.5) is 0 Å². The van der Waals surface area contributed by atoms with E-state index in [1.165, 1.54) is 0 Å². The molecule has 1 saturated heterocycles. The predicted molar refractivity (Wildman–Crippen MR) is 120 cm³/mol. The molecular formula is C23H24N6O2. The molecule has 1 unspecified atom stereocenters. The summed E-state index contributed by atoms with van der Waals surface area (Å²) in [4.78, 5) is 39.5. The lowest BCUT2D eigenvalue weighted by Crippen LogP contribution is -2.48. The van der Waals surface area contributed by atoms with E-state index in [4.69, 9.17) is 0 Å². The number of nitrogens with one attached hydrogen (secondary N) is 1. The Kier molecular flexibility index (Phi) is 4.86. The summed E-state index contributed by atoms with van der Waals surface area (Å²) in [5, 5.41) is 2.61. The van der Waals surface area contributed by atoms with E-state index >= 15 is 0 Å². The van der Waals surface area contributed by atoms with Crippen LogP contribution in [0.25, 0.3) is 11.0 Å². The Hall–Kier alpha value is -3.39. The molecule has 1 fully saturated rings. The van der Waals surface area contributed by atoms with Crippen LogP contribution in [0.5, 0.6) is 0 Å². The molecule has 2 aromatic rings. The number of rotatable bonds is 5. The number of nitrogens with zero attached hydrogens (tertiary/aromatic N) is 5. The first-order valence-electron chi connectivity index (χ1n) is 10.5. The molecule has 3 aliphatic rings. The van der Waals surface area contributed by atoms with Gasteiger partial charge in [0.15, 0.2) is 0 Å². The van der Waals surface area contributed by atoms with E-state index in [0.717, 1.165) is 47.5 Å². The Labute approximate surface area is 180 Å². The van der Waals surface area contributed by atoms with Gasteiger partial charge >= 0.3 is 0 Å². The van der Waals surface area contributed by atoms with Crippen LogP contribution in [0.2, 0.25) is 0 Å². The molecule has 8 heteroatoms. The average Bonchev–Trinajstić information content (AvgIpc) is 3.17. The standard InChI is InChI=1S/C23H24N6O2/c1-3-15-9-19-20(27-22(15)30)8-14(10-25-19)11-28-12-16(13-28)29-7-6-17-21(29)5-4-18(26-17)23(31)24-2/h4-10,16,19H,3,11-13H2,1-2H3,(H,24,31). The minimum atomic E-state index is -0.181. The van der Waals surface area contributed by atoms with Crippen molar-refractivity contribution >= 4 is 34.8 Å². The molecule has 0 aliphatic carbocycles. The van der Waals surface area contributed by atoms with Gasteiger partial charge in [-0.3, -0.25) is 19.5 Å². The van der Waals surface area contributed by atoms with Gasteiger partial charge in [0.05, 0.1) is 22.8 Å². The Balaban J connectivity index is 1.24. The van der Waals surface area contributed by atoms with Crippen molar-refractivity contribution in [2.24, 2.45) is 9.98 Å². The molecule has 5 heterocycles. The fraction of sp³-hybridized carbons (Fsp3) is 0.348. The number of dihydropyridines is 2. The van der Waals surface area contributed by atoms with Crippen LogP contribution in [0.3, 0.4) is 0 Å². The van der Waals surface area contributed by atoms with Crippen LogP contribution in [-0.2, 0) is 4.79 Å². The Morgan fingerprint density at radius 2 is 2.10 bits per heavy atom. The zero-order chi connectivity index (χ0) is 21.5. The lowest BCUT2D eigenvalue weighted by Gasteiger charge is -2.40. The first-order valence-corrected chi connectivity index (χ1v) is 10.5. The van der Waals surface area contributed by atoms with Gasteiger partial charge in [-0.2, -0.15) is 0 Å². The first-order chi connectivity index (χ1) is 15.1. The maximum Gasteiger partial charge on any atom is 0.272 e. The molecule has 0 radical (unpaired) electrons. The van der Waals surface area contributed by atoms with E-state index in [1.807, 2.05) is 43.6 Å². The molecule has 2 amide bonds. The predicted octanol–water partition coefficient (Wildman–Crippen LogP) is 1.95. The smallest absolute Gasteiger partial charge is 0.272 e. The average molecular weight is 416 g/mol. The number of carbonyl (C=O) groups excluding carboxylic acids is 2. The van der Waals surface area contributed by atoms with Gasteiger partial charge in [0.2, 0.25) is 0 Å². The van der Waals surface area contributed by atoms with E-state index in [0.29, 0.717) is 18.2 Å². The molecule has 0 spiro atoms. The zero-order valence-electron chi connectivity index (χ0n) is 17.6. The molecule has 158 valence electrons. The van der Waals surface area contributed by atoms with Crippen molar-refractivity contribution in [3.8, 4) is 0 Å². The van der Waals surface area contributed by atoms with E-state index in [-0.39, 0.29) is 17.9 Å². The third kappa shape index (κ3) is 3.53. The second-order valence-corrected chi connectivity index (χ2v) is 8.08. The monoisotopic (exact) mass is 416 g/mol. The minimum Gasteiger partial charge on any atom is -0.354 e. The zero-order valence-corrected chi connectivity index (χ0v) is 17.6. The van der Waals surface area contributed by atoms with E-state index in [1.54, 1.807) is 13.1 Å². The topological polar surface area (TPSA) is 91.9 Å². The highest BCUT2D eigenvalue weighted by Gasteiger charge is 2.30. The summed E-state index contributed by atoms with van der Waals surface area (Å²) < 4.78 is 2.23. The van der Waals surface area contributed by atoms with Crippen LogP contribution in [0.15, 0.2) is 57.7 Å². The van der Waals surface area contributed by atoms with Gasteiger partial charge in [-0.15, -0.1) is 0 Å². The van der Waals surface area contributed by atoms with Crippen molar-refractivity contribution in [2.45, 2.75) is 25.4 Å².